The van der Waals surface area contributed by atoms with Gasteiger partial charge in [-0.25, -0.2) is 0 Å². The highest BCUT2D eigenvalue weighted by Crippen LogP contribution is 2.35. The molecule has 12 nitrogen and oxygen atoms in total. The second-order valence-corrected chi connectivity index (χ2v) is 13.7. The van der Waals surface area contributed by atoms with Crippen molar-refractivity contribution in [2.24, 2.45) is 0 Å². The van der Waals surface area contributed by atoms with Gasteiger partial charge in [0, 0.05) is 46.5 Å². The highest BCUT2D eigenvalue weighted by atomic mass is 16.1. The van der Waals surface area contributed by atoms with Gasteiger partial charge in [-0.05, 0) is 66.3 Å². The number of rotatable bonds is 13. The smallest absolute Gasteiger partial charge is 0.233 e. The zero-order chi connectivity index (χ0) is 37.2. The van der Waals surface area contributed by atoms with Crippen molar-refractivity contribution in [2.75, 3.05) is 69.9 Å². The Hall–Kier alpha value is -6.11. The number of fused-ring (bicyclic) bond motifs is 4. The summed E-state index contributed by atoms with van der Waals surface area (Å²) in [6.45, 7) is 3.02. The van der Waals surface area contributed by atoms with Crippen LogP contribution in [0.5, 0.6) is 0 Å². The third-order valence-corrected chi connectivity index (χ3v) is 9.37. The van der Waals surface area contributed by atoms with Gasteiger partial charge < -0.3 is 25.3 Å². The molecule has 0 unspecified atom stereocenters. The van der Waals surface area contributed by atoms with Gasteiger partial charge >= 0.3 is 0 Å². The van der Waals surface area contributed by atoms with E-state index in [-0.39, 0.29) is 46.2 Å². The molecule has 2 aliphatic carbocycles. The maximum Gasteiger partial charge on any atom is 0.233 e. The zero-order valence-electron chi connectivity index (χ0n) is 30.1. The Bertz CT molecular complexity index is 2110. The average molecular weight is 709 g/mol. The van der Waals surface area contributed by atoms with Crippen LogP contribution in [0.4, 0.5) is 29.2 Å². The summed E-state index contributed by atoms with van der Waals surface area (Å²) in [6.07, 6.45) is 1.69. The van der Waals surface area contributed by atoms with Crippen molar-refractivity contribution in [3.63, 3.8) is 0 Å². The maximum atomic E-state index is 13.8. The van der Waals surface area contributed by atoms with Crippen molar-refractivity contribution in [2.45, 2.75) is 12.8 Å². The Morgan fingerprint density at radius 2 is 0.830 bits per heavy atom. The Morgan fingerprint density at radius 1 is 0.453 bits per heavy atom. The average Bonchev–Trinajstić information content (AvgIpc) is 3.15. The van der Waals surface area contributed by atoms with Crippen LogP contribution in [-0.2, 0) is 0 Å². The zero-order valence-corrected chi connectivity index (χ0v) is 30.1. The number of carbonyl (C=O) groups is 4. The fourth-order valence-corrected chi connectivity index (χ4v) is 6.82. The molecule has 7 rings (SSSR count). The second-order valence-electron chi connectivity index (χ2n) is 13.7. The van der Waals surface area contributed by atoms with E-state index in [0.717, 1.165) is 25.9 Å². The number of ketones is 4. The molecular weight excluding hydrogens is 669 g/mol. The Morgan fingerprint density at radius 3 is 1.23 bits per heavy atom. The summed E-state index contributed by atoms with van der Waals surface area (Å²) in [5, 5.41) is 6.47. The van der Waals surface area contributed by atoms with Crippen LogP contribution in [0.3, 0.4) is 0 Å². The highest BCUT2D eigenvalue weighted by molar-refractivity contribution is 6.31. The lowest BCUT2D eigenvalue weighted by Crippen LogP contribution is -2.32. The summed E-state index contributed by atoms with van der Waals surface area (Å²) in [5.74, 6) is -0.378. The predicted octanol–water partition coefficient (Wildman–Crippen LogP) is 5.62. The van der Waals surface area contributed by atoms with Crippen LogP contribution < -0.4 is 15.5 Å². The first-order chi connectivity index (χ1) is 25.6. The summed E-state index contributed by atoms with van der Waals surface area (Å²) in [7, 11) is 8.11. The lowest BCUT2D eigenvalue weighted by Gasteiger charge is -2.25. The molecule has 2 N–H and O–H groups in total. The molecule has 268 valence electrons. The fraction of sp³-hybridized carbons (Fsp3) is 0.244. The first-order valence-electron chi connectivity index (χ1n) is 17.6. The number of nitrogens with zero attached hydrogens (tertiary/aromatic N) is 6. The van der Waals surface area contributed by atoms with Crippen LogP contribution in [-0.4, -0.2) is 102 Å². The predicted molar refractivity (Wildman–Crippen MR) is 204 cm³/mol. The van der Waals surface area contributed by atoms with E-state index in [1.807, 2.05) is 28.2 Å². The van der Waals surface area contributed by atoms with Crippen molar-refractivity contribution in [1.29, 1.82) is 0 Å². The fourth-order valence-electron chi connectivity index (χ4n) is 6.82. The number of aromatic nitrogens is 3. The van der Waals surface area contributed by atoms with E-state index in [1.165, 1.54) is 0 Å². The van der Waals surface area contributed by atoms with Crippen LogP contribution in [0, 0.1) is 0 Å². The van der Waals surface area contributed by atoms with E-state index < -0.39 is 0 Å². The van der Waals surface area contributed by atoms with Crippen molar-refractivity contribution in [1.82, 2.24) is 24.8 Å². The van der Waals surface area contributed by atoms with Gasteiger partial charge in [0.05, 0.1) is 22.5 Å². The summed E-state index contributed by atoms with van der Waals surface area (Å²) in [6, 6.07) is 23.8. The van der Waals surface area contributed by atoms with E-state index in [0.29, 0.717) is 63.8 Å². The largest absolute Gasteiger partial charge is 0.341 e. The van der Waals surface area contributed by atoms with Crippen molar-refractivity contribution >= 4 is 52.4 Å². The monoisotopic (exact) mass is 708 g/mol. The molecule has 0 amide bonds. The van der Waals surface area contributed by atoms with Crippen LogP contribution >= 0.6 is 0 Å². The van der Waals surface area contributed by atoms with Gasteiger partial charge in [-0.1, -0.05) is 72.8 Å². The SMILES string of the molecule is CN(C)CCCN(CCCN(C)C)c1nc(Nc2cccc3c2C(=O)c2ccccc2C3=O)nc(Nc2cccc3c2C(=O)c2ccccc2C3=O)n1. The lowest BCUT2D eigenvalue weighted by atomic mass is 9.83. The van der Waals surface area contributed by atoms with E-state index in [4.69, 9.17) is 15.0 Å². The van der Waals surface area contributed by atoms with E-state index >= 15 is 0 Å². The van der Waals surface area contributed by atoms with E-state index in [9.17, 15) is 19.2 Å². The minimum Gasteiger partial charge on any atom is -0.341 e. The molecule has 4 aromatic carbocycles. The molecular formula is C41H40N8O4. The molecule has 0 radical (unpaired) electrons. The molecule has 0 atom stereocenters. The topological polar surface area (TPSA) is 141 Å². The van der Waals surface area contributed by atoms with Gasteiger partial charge in [-0.2, -0.15) is 15.0 Å². The van der Waals surface area contributed by atoms with Gasteiger partial charge in [-0.15, -0.1) is 0 Å². The highest BCUT2D eigenvalue weighted by Gasteiger charge is 2.33. The minimum absolute atomic E-state index is 0.132. The molecule has 0 spiro atoms. The third kappa shape index (κ3) is 7.06. The van der Waals surface area contributed by atoms with Crippen molar-refractivity contribution < 1.29 is 19.2 Å². The van der Waals surface area contributed by atoms with Gasteiger partial charge in [0.2, 0.25) is 17.8 Å². The molecule has 1 heterocycles. The minimum atomic E-state index is -0.278. The Kier molecular flexibility index (Phi) is 9.90. The molecule has 0 aliphatic heterocycles. The van der Waals surface area contributed by atoms with Gasteiger partial charge in [0.15, 0.2) is 23.1 Å². The summed E-state index contributed by atoms with van der Waals surface area (Å²) >= 11 is 0. The molecule has 5 aromatic rings. The van der Waals surface area contributed by atoms with E-state index in [1.54, 1.807) is 84.9 Å². The number of nitrogens with one attached hydrogen (secondary N) is 2. The quantitative estimate of drug-likeness (QED) is 0.154. The first-order valence-corrected chi connectivity index (χ1v) is 17.6. The molecule has 0 fully saturated rings. The molecule has 1 aromatic heterocycles. The van der Waals surface area contributed by atoms with Gasteiger partial charge in [0.25, 0.3) is 0 Å². The number of carbonyl (C=O) groups excluding carboxylic acids is 4. The standard InChI is InChI=1S/C41H40N8O4/c1-47(2)21-11-23-49(24-12-22-48(3)4)41-45-39(42-31-19-9-17-29-33(31)37(52)27-15-7-5-13-25(27)35(29)50)44-40(46-41)43-32-20-10-18-30-34(32)38(53)28-16-8-6-14-26(28)36(30)51/h5-10,13-20H,11-12,21-24H2,1-4H3,(H2,42,43,44,45,46). The molecule has 0 bridgehead atoms. The molecule has 0 saturated carbocycles. The van der Waals surface area contributed by atoms with Crippen LogP contribution in [0.1, 0.15) is 76.5 Å². The van der Waals surface area contributed by atoms with Crippen molar-refractivity contribution in [3.05, 3.63) is 129 Å². The number of hydrogen-bond acceptors (Lipinski definition) is 12. The Labute approximate surface area is 307 Å². The molecule has 12 heteroatoms. The summed E-state index contributed by atoms with van der Waals surface area (Å²) in [4.78, 5) is 75.5. The summed E-state index contributed by atoms with van der Waals surface area (Å²) in [5.41, 5.74) is 3.20. The van der Waals surface area contributed by atoms with Gasteiger partial charge in [0.1, 0.15) is 0 Å². The van der Waals surface area contributed by atoms with E-state index in [2.05, 4.69) is 25.3 Å². The number of benzene rings is 4. The Balaban J connectivity index is 1.30. The van der Waals surface area contributed by atoms with Gasteiger partial charge in [-0.3, -0.25) is 19.2 Å². The van der Waals surface area contributed by atoms with Crippen LogP contribution in [0.25, 0.3) is 0 Å². The second kappa shape index (κ2) is 14.9. The summed E-state index contributed by atoms with van der Waals surface area (Å²) < 4.78 is 0. The normalized spacial score (nSPS) is 13.1. The lowest BCUT2D eigenvalue weighted by molar-refractivity contribution is 0.0979. The van der Waals surface area contributed by atoms with Crippen LogP contribution in [0.15, 0.2) is 84.9 Å². The molecule has 53 heavy (non-hydrogen) atoms. The third-order valence-electron chi connectivity index (χ3n) is 9.37. The number of hydrogen-bond donors (Lipinski definition) is 2. The number of anilines is 5. The molecule has 2 aliphatic rings. The van der Waals surface area contributed by atoms with Crippen LogP contribution in [0.2, 0.25) is 0 Å². The first kappa shape index (κ1) is 35.3. The molecule has 0 saturated heterocycles. The maximum absolute atomic E-state index is 13.8. The van der Waals surface area contributed by atoms with Crippen molar-refractivity contribution in [3.8, 4) is 0 Å².